The summed E-state index contributed by atoms with van der Waals surface area (Å²) < 4.78 is 34.0. The van der Waals surface area contributed by atoms with Gasteiger partial charge in [-0.3, -0.25) is 9.00 Å². The average Bonchev–Trinajstić information content (AvgIpc) is 2.34. The molecule has 3 N–H and O–H groups in total. The van der Waals surface area contributed by atoms with Gasteiger partial charge in [-0.2, -0.15) is 0 Å². The van der Waals surface area contributed by atoms with Crippen LogP contribution in [-0.2, 0) is 20.8 Å². The molecule has 0 radical (unpaired) electrons. The lowest BCUT2D eigenvalue weighted by Crippen LogP contribution is -2.32. The van der Waals surface area contributed by atoms with Crippen LogP contribution in [-0.4, -0.2) is 36.6 Å². The molecule has 0 heterocycles. The molecule has 1 amide bonds. The van der Waals surface area contributed by atoms with E-state index < -0.39 is 26.7 Å². The first kappa shape index (κ1) is 16.8. The number of nitrogens with one attached hydrogen (secondary N) is 1. The van der Waals surface area contributed by atoms with Crippen molar-refractivity contribution in [2.75, 3.05) is 12.8 Å². The predicted molar refractivity (Wildman–Crippen MR) is 78.4 cm³/mol. The van der Waals surface area contributed by atoms with Crippen LogP contribution in [0.5, 0.6) is 0 Å². The Kier molecular flexibility index (Phi) is 5.43. The molecule has 112 valence electrons. The van der Waals surface area contributed by atoms with Gasteiger partial charge < -0.3 is 5.32 Å². The average molecular weight is 318 g/mol. The number of primary sulfonamides is 1. The molecule has 0 aliphatic carbocycles. The lowest BCUT2D eigenvalue weighted by atomic mass is 10.1. The summed E-state index contributed by atoms with van der Waals surface area (Å²) in [5, 5.41) is 7.52. The molecule has 0 spiro atoms. The van der Waals surface area contributed by atoms with Crippen LogP contribution in [0.3, 0.4) is 0 Å². The summed E-state index contributed by atoms with van der Waals surface area (Å²) >= 11 is 0. The topological polar surface area (TPSA) is 106 Å². The van der Waals surface area contributed by atoms with Crippen molar-refractivity contribution >= 4 is 26.7 Å². The van der Waals surface area contributed by atoms with Gasteiger partial charge in [0.25, 0.3) is 5.91 Å². The van der Waals surface area contributed by atoms with Crippen LogP contribution in [0, 0.1) is 6.92 Å². The van der Waals surface area contributed by atoms with Crippen LogP contribution in [0.15, 0.2) is 23.1 Å². The van der Waals surface area contributed by atoms with Crippen molar-refractivity contribution in [2.24, 2.45) is 5.14 Å². The highest BCUT2D eigenvalue weighted by Gasteiger charge is 2.16. The fourth-order valence-corrected chi connectivity index (χ4v) is 2.63. The molecule has 0 fully saturated rings. The summed E-state index contributed by atoms with van der Waals surface area (Å²) in [7, 11) is -4.90. The summed E-state index contributed by atoms with van der Waals surface area (Å²) in [4.78, 5) is 11.8. The third-order valence-electron chi connectivity index (χ3n) is 2.87. The number of nitrogens with two attached hydrogens (primary N) is 1. The second-order valence-corrected chi connectivity index (χ2v) is 7.88. The van der Waals surface area contributed by atoms with Crippen LogP contribution in [0.4, 0.5) is 0 Å². The SMILES string of the molecule is Cc1ccc(C(=O)NCC(C)S(C)=O)cc1S(N)(=O)=O. The second-order valence-electron chi connectivity index (χ2n) is 4.54. The first-order valence-corrected chi connectivity index (χ1v) is 9.03. The summed E-state index contributed by atoms with van der Waals surface area (Å²) in [5.41, 5.74) is 0.681. The normalized spacial score (nSPS) is 14.6. The van der Waals surface area contributed by atoms with Gasteiger partial charge in [-0.1, -0.05) is 6.07 Å². The molecule has 20 heavy (non-hydrogen) atoms. The Morgan fingerprint density at radius 1 is 1.45 bits per heavy atom. The van der Waals surface area contributed by atoms with E-state index in [2.05, 4.69) is 5.32 Å². The molecule has 1 aromatic carbocycles. The molecule has 0 aliphatic heterocycles. The van der Waals surface area contributed by atoms with E-state index in [4.69, 9.17) is 5.14 Å². The minimum atomic E-state index is -3.86. The van der Waals surface area contributed by atoms with Crippen molar-refractivity contribution < 1.29 is 17.4 Å². The molecule has 0 bridgehead atoms. The van der Waals surface area contributed by atoms with Gasteiger partial charge >= 0.3 is 0 Å². The number of aryl methyl sites for hydroxylation is 1. The van der Waals surface area contributed by atoms with E-state index in [9.17, 15) is 17.4 Å². The number of sulfonamides is 1. The highest BCUT2D eigenvalue weighted by atomic mass is 32.2. The Balaban J connectivity index is 2.93. The Hall–Kier alpha value is -1.25. The molecule has 6 nitrogen and oxygen atoms in total. The maximum Gasteiger partial charge on any atom is 0.251 e. The van der Waals surface area contributed by atoms with E-state index in [0.29, 0.717) is 5.56 Å². The quantitative estimate of drug-likeness (QED) is 0.805. The minimum absolute atomic E-state index is 0.0720. The summed E-state index contributed by atoms with van der Waals surface area (Å²) in [6, 6.07) is 4.29. The number of amides is 1. The number of hydrogen-bond donors (Lipinski definition) is 2. The number of hydrogen-bond acceptors (Lipinski definition) is 4. The molecule has 0 saturated carbocycles. The van der Waals surface area contributed by atoms with Gasteiger partial charge in [0.2, 0.25) is 10.0 Å². The van der Waals surface area contributed by atoms with E-state index in [1.807, 2.05) is 0 Å². The van der Waals surface area contributed by atoms with E-state index in [0.717, 1.165) is 0 Å². The van der Waals surface area contributed by atoms with Crippen molar-refractivity contribution in [2.45, 2.75) is 24.0 Å². The highest BCUT2D eigenvalue weighted by Crippen LogP contribution is 2.15. The van der Waals surface area contributed by atoms with Crippen molar-refractivity contribution in [3.63, 3.8) is 0 Å². The molecule has 2 atom stereocenters. The maximum absolute atomic E-state index is 11.9. The van der Waals surface area contributed by atoms with Gasteiger partial charge in [0.1, 0.15) is 0 Å². The smallest absolute Gasteiger partial charge is 0.251 e. The molecular weight excluding hydrogens is 300 g/mol. The first-order valence-electron chi connectivity index (χ1n) is 5.87. The lowest BCUT2D eigenvalue weighted by molar-refractivity contribution is 0.0954. The predicted octanol–water partition coefficient (Wildman–Crippen LogP) is 0.139. The largest absolute Gasteiger partial charge is 0.351 e. The fraction of sp³-hybridized carbons (Fsp3) is 0.417. The zero-order valence-corrected chi connectivity index (χ0v) is 13.2. The third-order valence-corrected chi connectivity index (χ3v) is 5.23. The van der Waals surface area contributed by atoms with Gasteiger partial charge in [0.05, 0.1) is 4.90 Å². The minimum Gasteiger partial charge on any atom is -0.351 e. The van der Waals surface area contributed by atoms with Gasteiger partial charge in [-0.25, -0.2) is 13.6 Å². The molecule has 0 aromatic heterocycles. The zero-order chi connectivity index (χ0) is 15.5. The van der Waals surface area contributed by atoms with Crippen LogP contribution in [0.2, 0.25) is 0 Å². The third kappa shape index (κ3) is 4.39. The fourth-order valence-electron chi connectivity index (χ4n) is 1.50. The van der Waals surface area contributed by atoms with Crippen molar-refractivity contribution in [1.82, 2.24) is 5.32 Å². The number of rotatable bonds is 5. The van der Waals surface area contributed by atoms with E-state index in [1.165, 1.54) is 18.2 Å². The van der Waals surface area contributed by atoms with Crippen molar-refractivity contribution in [3.8, 4) is 0 Å². The monoisotopic (exact) mass is 318 g/mol. The summed E-state index contributed by atoms with van der Waals surface area (Å²) in [5.74, 6) is -0.424. The lowest BCUT2D eigenvalue weighted by Gasteiger charge is -2.11. The number of carbonyl (C=O) groups is 1. The maximum atomic E-state index is 11.9. The van der Waals surface area contributed by atoms with Crippen molar-refractivity contribution in [3.05, 3.63) is 29.3 Å². The van der Waals surface area contributed by atoms with Gasteiger partial charge in [-0.05, 0) is 31.5 Å². The van der Waals surface area contributed by atoms with Crippen LogP contribution in [0.25, 0.3) is 0 Å². The van der Waals surface area contributed by atoms with E-state index in [-0.39, 0.29) is 22.3 Å². The molecule has 0 saturated heterocycles. The van der Waals surface area contributed by atoms with Gasteiger partial charge in [-0.15, -0.1) is 0 Å². The number of carbonyl (C=O) groups excluding carboxylic acids is 1. The molecule has 2 unspecified atom stereocenters. The number of benzene rings is 1. The highest BCUT2D eigenvalue weighted by molar-refractivity contribution is 7.89. The van der Waals surface area contributed by atoms with Crippen LogP contribution >= 0.6 is 0 Å². The van der Waals surface area contributed by atoms with Gasteiger partial charge in [0, 0.05) is 34.4 Å². The Bertz CT molecular complexity index is 641. The van der Waals surface area contributed by atoms with Crippen LogP contribution < -0.4 is 10.5 Å². The van der Waals surface area contributed by atoms with Crippen LogP contribution in [0.1, 0.15) is 22.8 Å². The summed E-state index contributed by atoms with van der Waals surface area (Å²) in [6.07, 6.45) is 1.56. The first-order chi connectivity index (χ1) is 9.12. The molecule has 0 aliphatic rings. The second kappa shape index (κ2) is 6.47. The summed E-state index contributed by atoms with van der Waals surface area (Å²) in [6.45, 7) is 3.60. The molecule has 1 aromatic rings. The Morgan fingerprint density at radius 2 is 2.05 bits per heavy atom. The Morgan fingerprint density at radius 3 is 2.55 bits per heavy atom. The molecule has 8 heteroatoms. The Labute approximate surface area is 121 Å². The zero-order valence-electron chi connectivity index (χ0n) is 11.5. The molecule has 1 rings (SSSR count). The van der Waals surface area contributed by atoms with E-state index in [1.54, 1.807) is 20.1 Å². The van der Waals surface area contributed by atoms with Gasteiger partial charge in [0.15, 0.2) is 0 Å². The molecular formula is C12H18N2O4S2. The standard InChI is InChI=1S/C12H18N2O4S2/c1-8-4-5-10(6-11(8)20(13,17)18)12(15)14-7-9(2)19(3)16/h4-6,9H,7H2,1-3H3,(H,14,15)(H2,13,17,18). The van der Waals surface area contributed by atoms with E-state index >= 15 is 0 Å². The van der Waals surface area contributed by atoms with Crippen molar-refractivity contribution in [1.29, 1.82) is 0 Å².